The van der Waals surface area contributed by atoms with Crippen molar-refractivity contribution in [1.82, 2.24) is 9.55 Å². The minimum atomic E-state index is -1.77. The van der Waals surface area contributed by atoms with Crippen molar-refractivity contribution in [2.45, 2.75) is 71.1 Å². The van der Waals surface area contributed by atoms with Crippen LogP contribution in [-0.2, 0) is 4.43 Å². The molecule has 1 aromatic rings. The molecule has 0 fully saturated rings. The number of nitrogens with zero attached hydrogens (tertiary/aromatic N) is 2. The molecule has 116 valence electrons. The van der Waals surface area contributed by atoms with Crippen molar-refractivity contribution in [3.05, 3.63) is 17.1 Å². The first-order valence-corrected chi connectivity index (χ1v) is 10.5. The van der Waals surface area contributed by atoms with E-state index in [-0.39, 0.29) is 0 Å². The Hall–Kier alpha value is -0.133. The lowest BCUT2D eigenvalue weighted by molar-refractivity contribution is 0.229. The molecule has 0 aliphatic heterocycles. The third-order valence-electron chi connectivity index (χ3n) is 4.38. The summed E-state index contributed by atoms with van der Waals surface area (Å²) in [6, 6.07) is 0.301. The van der Waals surface area contributed by atoms with Crippen molar-refractivity contribution in [1.29, 1.82) is 0 Å². The van der Waals surface area contributed by atoms with Gasteiger partial charge in [-0.15, -0.1) is 0 Å². The third kappa shape index (κ3) is 3.54. The van der Waals surface area contributed by atoms with Crippen LogP contribution in [-0.4, -0.2) is 24.5 Å². The van der Waals surface area contributed by atoms with Gasteiger partial charge in [-0.25, -0.2) is 4.98 Å². The maximum atomic E-state index is 6.62. The maximum Gasteiger partial charge on any atom is 0.200 e. The normalized spacial score (nSPS) is 14.6. The molecule has 0 aliphatic carbocycles. The first-order chi connectivity index (χ1) is 9.23. The Morgan fingerprint density at radius 2 is 1.60 bits per heavy atom. The van der Waals surface area contributed by atoms with E-state index in [2.05, 4.69) is 73.9 Å². The number of hydrogen-bond acceptors (Lipinski definition) is 2. The van der Waals surface area contributed by atoms with E-state index < -0.39 is 8.32 Å². The topological polar surface area (TPSA) is 27.1 Å². The van der Waals surface area contributed by atoms with Gasteiger partial charge in [-0.2, -0.15) is 0 Å². The van der Waals surface area contributed by atoms with Crippen LogP contribution >= 0.6 is 15.9 Å². The summed E-state index contributed by atoms with van der Waals surface area (Å²) in [6.07, 6.45) is 3.82. The second-order valence-corrected chi connectivity index (χ2v) is 12.8. The number of aromatic nitrogens is 2. The van der Waals surface area contributed by atoms with Crippen molar-refractivity contribution >= 4 is 24.2 Å². The van der Waals surface area contributed by atoms with Crippen LogP contribution in [0.1, 0.15) is 54.5 Å². The van der Waals surface area contributed by atoms with Gasteiger partial charge in [0.05, 0.1) is 12.6 Å². The first kappa shape index (κ1) is 17.9. The van der Waals surface area contributed by atoms with Gasteiger partial charge >= 0.3 is 0 Å². The summed E-state index contributed by atoms with van der Waals surface area (Å²) >= 11 is 3.48. The molecule has 0 unspecified atom stereocenters. The summed E-state index contributed by atoms with van der Waals surface area (Å²) in [4.78, 5) is 4.22. The minimum Gasteiger partial charge on any atom is -0.414 e. The van der Waals surface area contributed by atoms with Gasteiger partial charge < -0.3 is 8.99 Å². The molecule has 0 N–H and O–H groups in total. The van der Waals surface area contributed by atoms with Crippen LogP contribution in [0.15, 0.2) is 17.1 Å². The molecule has 0 aliphatic rings. The fraction of sp³-hybridized carbons (Fsp3) is 0.800. The standard InChI is InChI=1S/C15H29BrN2OSi/c1-11(2)20(12(3)4,13(5)6)19-10-14(7)18-9-8-17-15(18)16/h8-9,11-14H,10H2,1-7H3/t14-/m1/s1. The van der Waals surface area contributed by atoms with E-state index in [9.17, 15) is 0 Å². The van der Waals surface area contributed by atoms with Crippen LogP contribution in [0.25, 0.3) is 0 Å². The highest BCUT2D eigenvalue weighted by atomic mass is 79.9. The molecule has 0 aromatic carbocycles. The van der Waals surface area contributed by atoms with E-state index >= 15 is 0 Å². The SMILES string of the molecule is CC(C)[Si](OC[C@@H](C)n1ccnc1Br)(C(C)C)C(C)C. The van der Waals surface area contributed by atoms with Crippen LogP contribution < -0.4 is 0 Å². The van der Waals surface area contributed by atoms with Crippen LogP contribution in [0.4, 0.5) is 0 Å². The maximum absolute atomic E-state index is 6.62. The lowest BCUT2D eigenvalue weighted by atomic mass is 10.4. The lowest BCUT2D eigenvalue weighted by Crippen LogP contribution is -2.48. The summed E-state index contributed by atoms with van der Waals surface area (Å²) in [5.74, 6) is 0. The highest BCUT2D eigenvalue weighted by molar-refractivity contribution is 9.10. The Morgan fingerprint density at radius 3 is 1.95 bits per heavy atom. The zero-order valence-electron chi connectivity index (χ0n) is 13.9. The number of imidazole rings is 1. The first-order valence-electron chi connectivity index (χ1n) is 7.55. The number of halogens is 1. The van der Waals surface area contributed by atoms with Crippen molar-refractivity contribution in [3.8, 4) is 0 Å². The molecule has 5 heteroatoms. The summed E-state index contributed by atoms with van der Waals surface area (Å²) in [5.41, 5.74) is 1.88. The second kappa shape index (κ2) is 7.23. The third-order valence-corrected chi connectivity index (χ3v) is 11.1. The molecule has 1 aromatic heterocycles. The largest absolute Gasteiger partial charge is 0.414 e. The predicted molar refractivity (Wildman–Crippen MR) is 91.6 cm³/mol. The summed E-state index contributed by atoms with van der Waals surface area (Å²) in [5, 5.41) is 0. The molecule has 1 atom stereocenters. The van der Waals surface area contributed by atoms with E-state index in [0.29, 0.717) is 22.7 Å². The van der Waals surface area contributed by atoms with Gasteiger partial charge in [0.1, 0.15) is 0 Å². The molecule has 0 spiro atoms. The Bertz CT molecular complexity index is 396. The molecule has 0 saturated carbocycles. The second-order valence-electron chi connectivity index (χ2n) is 6.58. The van der Waals surface area contributed by atoms with Crippen LogP contribution in [0.2, 0.25) is 16.6 Å². The van der Waals surface area contributed by atoms with Crippen molar-refractivity contribution < 1.29 is 4.43 Å². The molecule has 0 amide bonds. The molecule has 0 bridgehead atoms. The zero-order valence-corrected chi connectivity index (χ0v) is 16.4. The Kier molecular flexibility index (Phi) is 6.47. The molecular formula is C15H29BrN2OSi. The predicted octanol–water partition coefficient (Wildman–Crippen LogP) is 5.40. The summed E-state index contributed by atoms with van der Waals surface area (Å²) < 4.78 is 9.62. The quantitative estimate of drug-likeness (QED) is 0.608. The minimum absolute atomic E-state index is 0.301. The molecule has 0 radical (unpaired) electrons. The van der Waals surface area contributed by atoms with Gasteiger partial charge in [0, 0.05) is 12.4 Å². The van der Waals surface area contributed by atoms with E-state index in [1.807, 2.05) is 12.4 Å². The molecule has 1 heterocycles. The highest BCUT2D eigenvalue weighted by Gasteiger charge is 2.45. The molecular weight excluding hydrogens is 332 g/mol. The van der Waals surface area contributed by atoms with E-state index in [0.717, 1.165) is 11.3 Å². The van der Waals surface area contributed by atoms with E-state index in [4.69, 9.17) is 4.43 Å². The molecule has 0 saturated heterocycles. The van der Waals surface area contributed by atoms with Crippen LogP contribution in [0.3, 0.4) is 0 Å². The molecule has 3 nitrogen and oxygen atoms in total. The fourth-order valence-electron chi connectivity index (χ4n) is 3.47. The smallest absolute Gasteiger partial charge is 0.200 e. The van der Waals surface area contributed by atoms with Crippen molar-refractivity contribution in [3.63, 3.8) is 0 Å². The monoisotopic (exact) mass is 360 g/mol. The van der Waals surface area contributed by atoms with E-state index in [1.54, 1.807) is 0 Å². The van der Waals surface area contributed by atoms with E-state index in [1.165, 1.54) is 0 Å². The average Bonchev–Trinajstić information content (AvgIpc) is 2.74. The van der Waals surface area contributed by atoms with Gasteiger partial charge in [-0.1, -0.05) is 41.5 Å². The molecule has 20 heavy (non-hydrogen) atoms. The van der Waals surface area contributed by atoms with Crippen LogP contribution in [0, 0.1) is 0 Å². The average molecular weight is 361 g/mol. The van der Waals surface area contributed by atoms with Gasteiger partial charge in [0.25, 0.3) is 0 Å². The Balaban J connectivity index is 2.85. The number of rotatable bonds is 7. The van der Waals surface area contributed by atoms with Crippen LogP contribution in [0.5, 0.6) is 0 Å². The lowest BCUT2D eigenvalue weighted by Gasteiger charge is -2.42. The fourth-order valence-corrected chi connectivity index (χ4v) is 9.58. The highest BCUT2D eigenvalue weighted by Crippen LogP contribution is 2.42. The van der Waals surface area contributed by atoms with Crippen molar-refractivity contribution in [2.75, 3.05) is 6.61 Å². The van der Waals surface area contributed by atoms with Crippen molar-refractivity contribution in [2.24, 2.45) is 0 Å². The number of hydrogen-bond donors (Lipinski definition) is 0. The van der Waals surface area contributed by atoms with Gasteiger partial charge in [-0.3, -0.25) is 0 Å². The summed E-state index contributed by atoms with van der Waals surface area (Å²) in [7, 11) is -1.77. The van der Waals surface area contributed by atoms with Gasteiger partial charge in [0.2, 0.25) is 0 Å². The Labute approximate surface area is 133 Å². The van der Waals surface area contributed by atoms with Gasteiger partial charge in [-0.05, 0) is 39.5 Å². The Morgan fingerprint density at radius 1 is 1.10 bits per heavy atom. The molecule has 1 rings (SSSR count). The summed E-state index contributed by atoms with van der Waals surface area (Å²) in [6.45, 7) is 16.9. The zero-order chi connectivity index (χ0) is 15.5. The van der Waals surface area contributed by atoms with Gasteiger partial charge in [0.15, 0.2) is 13.1 Å².